The van der Waals surface area contributed by atoms with Crippen molar-refractivity contribution >= 4 is 40.1 Å². The first kappa shape index (κ1) is 25.0. The highest BCUT2D eigenvalue weighted by Crippen LogP contribution is 2.42. The Balaban J connectivity index is 1.96. The molecule has 1 unspecified atom stereocenters. The Kier molecular flexibility index (Phi) is 7.08. The Labute approximate surface area is 206 Å². The molecule has 4 rings (SSSR count). The van der Waals surface area contributed by atoms with E-state index in [1.807, 2.05) is 0 Å². The van der Waals surface area contributed by atoms with Gasteiger partial charge >= 0.3 is 6.55 Å². The molecule has 1 aliphatic heterocycles. The van der Waals surface area contributed by atoms with Gasteiger partial charge in [-0.3, -0.25) is 9.79 Å². The van der Waals surface area contributed by atoms with Gasteiger partial charge in [0.25, 0.3) is 0 Å². The Morgan fingerprint density at radius 2 is 2.14 bits per heavy atom. The van der Waals surface area contributed by atoms with Crippen molar-refractivity contribution in [3.8, 4) is 0 Å². The summed E-state index contributed by atoms with van der Waals surface area (Å²) in [5.74, 6) is -1.04. The zero-order chi connectivity index (χ0) is 25.3. The van der Waals surface area contributed by atoms with Crippen LogP contribution in [0.5, 0.6) is 0 Å². The lowest BCUT2D eigenvalue weighted by Gasteiger charge is -2.32. The molecule has 0 saturated heterocycles. The third-order valence-corrected chi connectivity index (χ3v) is 6.60. The number of carbonyl (C=O) groups is 1. The zero-order valence-electron chi connectivity index (χ0n) is 18.1. The van der Waals surface area contributed by atoms with Crippen molar-refractivity contribution in [2.24, 2.45) is 4.99 Å². The van der Waals surface area contributed by atoms with Gasteiger partial charge in [-0.05, 0) is 25.1 Å². The molecule has 0 saturated carbocycles. The lowest BCUT2D eigenvalue weighted by Crippen LogP contribution is -2.44. The smallest absolute Gasteiger partial charge is 0.333 e. The number of aliphatic imine (C=N–C) groups is 1. The van der Waals surface area contributed by atoms with Gasteiger partial charge in [0.2, 0.25) is 0 Å². The highest BCUT2D eigenvalue weighted by atomic mass is 35.5. The van der Waals surface area contributed by atoms with E-state index in [2.05, 4.69) is 20.4 Å². The Morgan fingerprint density at radius 1 is 1.37 bits per heavy atom. The maximum atomic E-state index is 13.8. The first-order valence-corrected chi connectivity index (χ1v) is 11.5. The van der Waals surface area contributed by atoms with E-state index in [1.54, 1.807) is 11.6 Å². The molecule has 0 amide bonds. The maximum absolute atomic E-state index is 13.8. The number of nitrogens with one attached hydrogen (secondary N) is 1. The van der Waals surface area contributed by atoms with E-state index in [-0.39, 0.29) is 27.8 Å². The van der Waals surface area contributed by atoms with Gasteiger partial charge in [0, 0.05) is 46.1 Å². The van der Waals surface area contributed by atoms with Crippen molar-refractivity contribution in [3.63, 3.8) is 0 Å². The average Bonchev–Trinajstić information content (AvgIpc) is 3.51. The summed E-state index contributed by atoms with van der Waals surface area (Å²) in [5, 5.41) is 29.8. The van der Waals surface area contributed by atoms with Crippen molar-refractivity contribution in [3.05, 3.63) is 74.8 Å². The molecule has 0 aliphatic carbocycles. The van der Waals surface area contributed by atoms with Gasteiger partial charge in [0.1, 0.15) is 11.9 Å². The number of aliphatic hydroxyl groups is 2. The molecule has 0 spiro atoms. The van der Waals surface area contributed by atoms with Crippen molar-refractivity contribution < 1.29 is 28.2 Å². The highest BCUT2D eigenvalue weighted by molar-refractivity contribution is 7.11. The summed E-state index contributed by atoms with van der Waals surface area (Å²) >= 11 is 7.60. The average molecular weight is 526 g/mol. The van der Waals surface area contributed by atoms with E-state index in [4.69, 9.17) is 11.6 Å². The second-order valence-electron chi connectivity index (χ2n) is 7.78. The fourth-order valence-corrected chi connectivity index (χ4v) is 4.47. The number of halogens is 4. The molecule has 8 nitrogen and oxygen atoms in total. The van der Waals surface area contributed by atoms with Gasteiger partial charge in [-0.2, -0.15) is 13.9 Å². The number of rotatable bonds is 8. The van der Waals surface area contributed by atoms with Crippen molar-refractivity contribution in [1.82, 2.24) is 20.1 Å². The van der Waals surface area contributed by atoms with Gasteiger partial charge < -0.3 is 15.5 Å². The minimum atomic E-state index is -2.92. The van der Waals surface area contributed by atoms with Crippen LogP contribution in [0, 0.1) is 5.82 Å². The minimum Gasteiger partial charge on any atom is -0.393 e. The molecule has 2 aromatic heterocycles. The Hall–Kier alpha value is -3.06. The number of Topliss-reactive ketones (excluding diaryl/α,β-unsaturated/α-hetero) is 1. The van der Waals surface area contributed by atoms with Gasteiger partial charge in [-0.1, -0.05) is 17.7 Å². The minimum absolute atomic E-state index is 0.0215. The van der Waals surface area contributed by atoms with Crippen molar-refractivity contribution in [2.45, 2.75) is 31.5 Å². The topological polar surface area (TPSA) is 113 Å². The molecule has 2 atom stereocenters. The van der Waals surface area contributed by atoms with Crippen LogP contribution in [-0.2, 0) is 4.79 Å². The summed E-state index contributed by atoms with van der Waals surface area (Å²) in [5.41, 5.74) is -1.39. The van der Waals surface area contributed by atoms with E-state index in [1.165, 1.54) is 29.5 Å². The second-order valence-corrected chi connectivity index (χ2v) is 9.08. The third kappa shape index (κ3) is 5.01. The number of benzene rings is 1. The SMILES string of the molecule is CC(=O)C(O)(CO)CC1=C(c2ccn(C(F)F)n2)[C@H](c2ccc(F)cc2Cl)N=C(c2nccs2)N1. The summed E-state index contributed by atoms with van der Waals surface area (Å²) in [6.45, 7) is -2.69. The van der Waals surface area contributed by atoms with Crippen LogP contribution in [0.1, 0.15) is 42.2 Å². The number of aliphatic hydroxyl groups excluding tert-OH is 1. The first-order chi connectivity index (χ1) is 16.6. The number of alkyl halides is 2. The molecule has 3 heterocycles. The molecule has 13 heteroatoms. The monoisotopic (exact) mass is 525 g/mol. The van der Waals surface area contributed by atoms with Crippen LogP contribution in [0.3, 0.4) is 0 Å². The largest absolute Gasteiger partial charge is 0.393 e. The number of nitrogens with zero attached hydrogens (tertiary/aromatic N) is 4. The predicted molar refractivity (Wildman–Crippen MR) is 124 cm³/mol. The lowest BCUT2D eigenvalue weighted by atomic mass is 9.87. The van der Waals surface area contributed by atoms with Crippen LogP contribution in [0.4, 0.5) is 13.2 Å². The Morgan fingerprint density at radius 3 is 2.71 bits per heavy atom. The molecule has 0 fully saturated rings. The van der Waals surface area contributed by atoms with Crippen LogP contribution in [0.2, 0.25) is 5.02 Å². The van der Waals surface area contributed by atoms with Crippen molar-refractivity contribution in [1.29, 1.82) is 0 Å². The number of aromatic nitrogens is 3. The number of thiazole rings is 1. The van der Waals surface area contributed by atoms with E-state index in [0.717, 1.165) is 19.2 Å². The molecule has 1 aromatic carbocycles. The first-order valence-electron chi connectivity index (χ1n) is 10.2. The summed E-state index contributed by atoms with van der Waals surface area (Å²) in [6.07, 6.45) is 2.19. The van der Waals surface area contributed by atoms with Crippen LogP contribution in [0.25, 0.3) is 5.57 Å². The van der Waals surface area contributed by atoms with Crippen LogP contribution in [-0.4, -0.2) is 48.8 Å². The van der Waals surface area contributed by atoms with E-state index < -0.39 is 42.8 Å². The van der Waals surface area contributed by atoms with Crippen LogP contribution < -0.4 is 5.32 Å². The predicted octanol–water partition coefficient (Wildman–Crippen LogP) is 3.73. The number of hydrogen-bond acceptors (Lipinski definition) is 8. The highest BCUT2D eigenvalue weighted by Gasteiger charge is 2.38. The summed E-state index contributed by atoms with van der Waals surface area (Å²) < 4.78 is 40.9. The molecule has 3 aromatic rings. The van der Waals surface area contributed by atoms with Gasteiger partial charge in [-0.25, -0.2) is 14.1 Å². The second kappa shape index (κ2) is 9.90. The third-order valence-electron chi connectivity index (χ3n) is 5.49. The van der Waals surface area contributed by atoms with Gasteiger partial charge in [-0.15, -0.1) is 11.3 Å². The maximum Gasteiger partial charge on any atom is 0.333 e. The van der Waals surface area contributed by atoms with Crippen molar-refractivity contribution in [2.75, 3.05) is 6.61 Å². The number of amidine groups is 1. The van der Waals surface area contributed by atoms with Crippen LogP contribution >= 0.6 is 22.9 Å². The van der Waals surface area contributed by atoms with Gasteiger partial charge in [0.15, 0.2) is 22.2 Å². The molecule has 184 valence electrons. The van der Waals surface area contributed by atoms with E-state index in [0.29, 0.717) is 15.3 Å². The fourth-order valence-electron chi connectivity index (χ4n) is 3.61. The Bertz CT molecular complexity index is 1310. The quantitative estimate of drug-likeness (QED) is 0.413. The standard InChI is InChI=1S/C22H19ClF3N5O3S/c1-11(33)22(34,10-32)9-16-17(15-4-6-31(30-15)21(25)26)18(13-3-2-12(24)8-14(13)23)29-19(28-16)20-27-5-7-35-20/h2-8,18,21,32,34H,9-10H2,1H3,(H,28,29)/t18-,22?/m0/s1. The summed E-state index contributed by atoms with van der Waals surface area (Å²) in [7, 11) is 0. The molecule has 3 N–H and O–H groups in total. The fraction of sp³-hybridized carbons (Fsp3) is 0.273. The molecular weight excluding hydrogens is 507 g/mol. The zero-order valence-corrected chi connectivity index (χ0v) is 19.7. The molecular formula is C22H19ClF3N5O3S. The normalized spacial score (nSPS) is 17.8. The van der Waals surface area contributed by atoms with E-state index in [9.17, 15) is 28.2 Å². The number of carbonyl (C=O) groups excluding carboxylic acids is 1. The lowest BCUT2D eigenvalue weighted by molar-refractivity contribution is -0.139. The summed E-state index contributed by atoms with van der Waals surface area (Å²) in [4.78, 5) is 21.1. The van der Waals surface area contributed by atoms with E-state index >= 15 is 0 Å². The molecule has 0 bridgehead atoms. The number of ketones is 1. The van der Waals surface area contributed by atoms with Crippen LogP contribution in [0.15, 0.2) is 52.7 Å². The molecule has 35 heavy (non-hydrogen) atoms. The number of hydrogen-bond donors (Lipinski definition) is 3. The molecule has 1 aliphatic rings. The molecule has 0 radical (unpaired) electrons. The van der Waals surface area contributed by atoms with Gasteiger partial charge in [0.05, 0.1) is 12.3 Å². The summed E-state index contributed by atoms with van der Waals surface area (Å²) in [6, 6.07) is 4.00.